The van der Waals surface area contributed by atoms with E-state index in [0.717, 1.165) is 15.4 Å². The second-order valence-electron chi connectivity index (χ2n) is 5.20. The first-order chi connectivity index (χ1) is 11.2. The fourth-order valence-electron chi connectivity index (χ4n) is 2.53. The summed E-state index contributed by atoms with van der Waals surface area (Å²) in [6, 6.07) is 20.7. The Balaban J connectivity index is 1.82. The molecule has 0 aliphatic heterocycles. The molecule has 5 nitrogen and oxygen atoms in total. The monoisotopic (exact) mass is 303 g/mol. The highest BCUT2D eigenvalue weighted by Crippen LogP contribution is 2.24. The van der Waals surface area contributed by atoms with E-state index in [1.54, 1.807) is 18.2 Å². The van der Waals surface area contributed by atoms with Crippen LogP contribution < -0.4 is 16.1 Å². The lowest BCUT2D eigenvalue weighted by Crippen LogP contribution is -2.29. The zero-order valence-electron chi connectivity index (χ0n) is 12.1. The molecule has 23 heavy (non-hydrogen) atoms. The van der Waals surface area contributed by atoms with Gasteiger partial charge in [-0.3, -0.25) is 4.79 Å². The fraction of sp³-hybridized carbons (Fsp3) is 0. The Morgan fingerprint density at radius 2 is 1.65 bits per heavy atom. The van der Waals surface area contributed by atoms with Gasteiger partial charge in [0.1, 0.15) is 5.75 Å². The van der Waals surface area contributed by atoms with Crippen LogP contribution in [0.15, 0.2) is 71.5 Å². The number of nitrogen functional groups attached to an aromatic ring is 1. The SMILES string of the molecule is Nn1c(Oc2ccc3ccccc3c2)nc2ccccc2c1=O. The van der Waals surface area contributed by atoms with E-state index >= 15 is 0 Å². The molecule has 5 heteroatoms. The number of rotatable bonds is 2. The zero-order chi connectivity index (χ0) is 15.8. The van der Waals surface area contributed by atoms with Crippen LogP contribution in [0.1, 0.15) is 0 Å². The first kappa shape index (κ1) is 13.3. The third-order valence-corrected chi connectivity index (χ3v) is 3.71. The molecule has 0 saturated heterocycles. The van der Waals surface area contributed by atoms with Gasteiger partial charge in [0.2, 0.25) is 0 Å². The lowest BCUT2D eigenvalue weighted by molar-refractivity contribution is 0.423. The van der Waals surface area contributed by atoms with Crippen molar-refractivity contribution in [2.45, 2.75) is 0 Å². The van der Waals surface area contributed by atoms with E-state index < -0.39 is 0 Å². The molecular formula is C18H13N3O2. The van der Waals surface area contributed by atoms with E-state index in [-0.39, 0.29) is 11.6 Å². The second-order valence-corrected chi connectivity index (χ2v) is 5.20. The van der Waals surface area contributed by atoms with E-state index in [4.69, 9.17) is 10.6 Å². The quantitative estimate of drug-likeness (QED) is 0.578. The van der Waals surface area contributed by atoms with Crippen LogP contribution in [0.3, 0.4) is 0 Å². The molecule has 4 rings (SSSR count). The molecule has 3 aromatic carbocycles. The maximum atomic E-state index is 12.3. The Kier molecular flexibility index (Phi) is 2.98. The average molecular weight is 303 g/mol. The second kappa shape index (κ2) is 5.14. The minimum Gasteiger partial charge on any atom is -0.424 e. The Hall–Kier alpha value is -3.34. The van der Waals surface area contributed by atoms with Crippen LogP contribution in [-0.4, -0.2) is 9.66 Å². The molecule has 0 atom stereocenters. The smallest absolute Gasteiger partial charge is 0.324 e. The number of nitrogens with zero attached hydrogens (tertiary/aromatic N) is 2. The van der Waals surface area contributed by atoms with Gasteiger partial charge in [0, 0.05) is 0 Å². The van der Waals surface area contributed by atoms with Crippen LogP contribution in [0.5, 0.6) is 11.8 Å². The van der Waals surface area contributed by atoms with Gasteiger partial charge in [-0.15, -0.1) is 0 Å². The maximum Gasteiger partial charge on any atom is 0.324 e. The molecular weight excluding hydrogens is 290 g/mol. The molecule has 0 aliphatic rings. The van der Waals surface area contributed by atoms with Gasteiger partial charge in [0.25, 0.3) is 5.56 Å². The Morgan fingerprint density at radius 3 is 2.52 bits per heavy atom. The molecule has 1 heterocycles. The van der Waals surface area contributed by atoms with Gasteiger partial charge in [-0.1, -0.05) is 42.5 Å². The number of hydrogen-bond donors (Lipinski definition) is 1. The van der Waals surface area contributed by atoms with Gasteiger partial charge in [-0.2, -0.15) is 9.66 Å². The summed E-state index contributed by atoms with van der Waals surface area (Å²) < 4.78 is 6.66. The van der Waals surface area contributed by atoms with Gasteiger partial charge in [0.05, 0.1) is 10.9 Å². The van der Waals surface area contributed by atoms with Crippen molar-refractivity contribution < 1.29 is 4.74 Å². The van der Waals surface area contributed by atoms with Crippen molar-refractivity contribution in [2.75, 3.05) is 5.84 Å². The number of ether oxygens (including phenoxy) is 1. The lowest BCUT2D eigenvalue weighted by Gasteiger charge is -2.10. The highest BCUT2D eigenvalue weighted by molar-refractivity contribution is 5.83. The van der Waals surface area contributed by atoms with Crippen molar-refractivity contribution in [3.63, 3.8) is 0 Å². The van der Waals surface area contributed by atoms with Gasteiger partial charge in [-0.05, 0) is 35.0 Å². The molecule has 4 aromatic rings. The van der Waals surface area contributed by atoms with E-state index in [9.17, 15) is 4.79 Å². The first-order valence-corrected chi connectivity index (χ1v) is 7.16. The summed E-state index contributed by atoms with van der Waals surface area (Å²) in [4.78, 5) is 16.6. The van der Waals surface area contributed by atoms with E-state index in [0.29, 0.717) is 16.7 Å². The fourth-order valence-corrected chi connectivity index (χ4v) is 2.53. The summed E-state index contributed by atoms with van der Waals surface area (Å²) in [6.07, 6.45) is 0. The number of nitrogens with two attached hydrogens (primary N) is 1. The standard InChI is InChI=1S/C18H13N3O2/c19-21-17(22)15-7-3-4-8-16(15)20-18(21)23-14-10-9-12-5-1-2-6-13(12)11-14/h1-11H,19H2. The summed E-state index contributed by atoms with van der Waals surface area (Å²) >= 11 is 0. The van der Waals surface area contributed by atoms with Crippen molar-refractivity contribution in [3.05, 3.63) is 77.1 Å². The minimum absolute atomic E-state index is 0.0592. The Labute approximate surface area is 131 Å². The largest absolute Gasteiger partial charge is 0.424 e. The van der Waals surface area contributed by atoms with Gasteiger partial charge < -0.3 is 10.6 Å². The van der Waals surface area contributed by atoms with Crippen LogP contribution in [0, 0.1) is 0 Å². The van der Waals surface area contributed by atoms with E-state index in [1.807, 2.05) is 48.5 Å². The summed E-state index contributed by atoms with van der Waals surface area (Å²) in [7, 11) is 0. The molecule has 112 valence electrons. The van der Waals surface area contributed by atoms with Crippen LogP contribution in [0.2, 0.25) is 0 Å². The zero-order valence-corrected chi connectivity index (χ0v) is 12.1. The predicted octanol–water partition coefficient (Wildman–Crippen LogP) is 3.06. The summed E-state index contributed by atoms with van der Waals surface area (Å²) in [5.74, 6) is 6.40. The number of fused-ring (bicyclic) bond motifs is 2. The third-order valence-electron chi connectivity index (χ3n) is 3.71. The normalized spacial score (nSPS) is 11.0. The van der Waals surface area contributed by atoms with Gasteiger partial charge in [-0.25, -0.2) is 0 Å². The molecule has 0 aliphatic carbocycles. The Morgan fingerprint density at radius 1 is 0.913 bits per heavy atom. The third kappa shape index (κ3) is 2.28. The van der Waals surface area contributed by atoms with Crippen LogP contribution in [0.4, 0.5) is 0 Å². The highest BCUT2D eigenvalue weighted by Gasteiger charge is 2.10. The van der Waals surface area contributed by atoms with Crippen molar-refractivity contribution in [3.8, 4) is 11.8 Å². The summed E-state index contributed by atoms with van der Waals surface area (Å²) in [5, 5.41) is 2.61. The van der Waals surface area contributed by atoms with Gasteiger partial charge >= 0.3 is 6.01 Å². The molecule has 1 aromatic heterocycles. The lowest BCUT2D eigenvalue weighted by atomic mass is 10.1. The molecule has 0 unspecified atom stereocenters. The number of benzene rings is 3. The van der Waals surface area contributed by atoms with Crippen molar-refractivity contribution in [2.24, 2.45) is 0 Å². The molecule has 0 radical (unpaired) electrons. The topological polar surface area (TPSA) is 70.1 Å². The summed E-state index contributed by atoms with van der Waals surface area (Å²) in [5.41, 5.74) is 0.210. The highest BCUT2D eigenvalue weighted by atomic mass is 16.5. The van der Waals surface area contributed by atoms with Crippen LogP contribution >= 0.6 is 0 Å². The molecule has 0 spiro atoms. The van der Waals surface area contributed by atoms with Crippen molar-refractivity contribution >= 4 is 21.7 Å². The number of aromatic nitrogens is 2. The predicted molar refractivity (Wildman–Crippen MR) is 90.2 cm³/mol. The van der Waals surface area contributed by atoms with Crippen LogP contribution in [0.25, 0.3) is 21.7 Å². The van der Waals surface area contributed by atoms with Crippen molar-refractivity contribution in [1.82, 2.24) is 9.66 Å². The summed E-state index contributed by atoms with van der Waals surface area (Å²) in [6.45, 7) is 0. The molecule has 0 fully saturated rings. The van der Waals surface area contributed by atoms with Crippen molar-refractivity contribution in [1.29, 1.82) is 0 Å². The average Bonchev–Trinajstić information content (AvgIpc) is 2.59. The van der Waals surface area contributed by atoms with Crippen LogP contribution in [-0.2, 0) is 0 Å². The maximum absolute atomic E-state index is 12.3. The van der Waals surface area contributed by atoms with Gasteiger partial charge in [0.15, 0.2) is 0 Å². The van der Waals surface area contributed by atoms with E-state index in [2.05, 4.69) is 4.98 Å². The first-order valence-electron chi connectivity index (χ1n) is 7.16. The molecule has 0 amide bonds. The number of hydrogen-bond acceptors (Lipinski definition) is 4. The molecule has 0 saturated carbocycles. The van der Waals surface area contributed by atoms with E-state index in [1.165, 1.54) is 0 Å². The molecule has 0 bridgehead atoms. The number of para-hydroxylation sites is 1. The Bertz CT molecular complexity index is 1090. The molecule has 2 N–H and O–H groups in total. The minimum atomic E-state index is -0.341.